The van der Waals surface area contributed by atoms with Gasteiger partial charge in [0.2, 0.25) is 11.8 Å². The molecule has 2 amide bonds. The molecule has 6 nitrogen and oxygen atoms in total. The molecule has 7 heteroatoms. The molecule has 2 aliphatic rings. The van der Waals surface area contributed by atoms with E-state index in [-0.39, 0.29) is 36.1 Å². The van der Waals surface area contributed by atoms with E-state index in [1.807, 2.05) is 0 Å². The van der Waals surface area contributed by atoms with Gasteiger partial charge in [-0.25, -0.2) is 0 Å². The highest BCUT2D eigenvalue weighted by Crippen LogP contribution is 2.23. The molecule has 0 spiro atoms. The predicted octanol–water partition coefficient (Wildman–Crippen LogP) is 0.190. The van der Waals surface area contributed by atoms with Crippen molar-refractivity contribution in [2.24, 2.45) is 11.8 Å². The first-order valence-corrected chi connectivity index (χ1v) is 8.05. The summed E-state index contributed by atoms with van der Waals surface area (Å²) in [6.45, 7) is 3.44. The van der Waals surface area contributed by atoms with Crippen molar-refractivity contribution in [1.29, 1.82) is 0 Å². The van der Waals surface area contributed by atoms with Crippen molar-refractivity contribution in [3.05, 3.63) is 0 Å². The Hall–Kier alpha value is -0.850. The number of β-amino-alcohol motifs (C(OH)–C–C–N with tert-alkyl or cyclic N) is 1. The number of amides is 2. The summed E-state index contributed by atoms with van der Waals surface area (Å²) >= 11 is 0. The zero-order chi connectivity index (χ0) is 15.2. The van der Waals surface area contributed by atoms with Crippen LogP contribution in [0.25, 0.3) is 0 Å². The van der Waals surface area contributed by atoms with Gasteiger partial charge in [0.15, 0.2) is 0 Å². The van der Waals surface area contributed by atoms with Crippen molar-refractivity contribution < 1.29 is 14.7 Å². The number of carbonyl (C=O) groups excluding carboxylic acids is 2. The fraction of sp³-hybridized carbons (Fsp3) is 0.867. The lowest BCUT2D eigenvalue weighted by Gasteiger charge is -2.23. The monoisotopic (exact) mass is 333 g/mol. The maximum atomic E-state index is 12.1. The molecule has 22 heavy (non-hydrogen) atoms. The van der Waals surface area contributed by atoms with E-state index in [0.29, 0.717) is 19.6 Å². The maximum Gasteiger partial charge on any atom is 0.242 e. The standard InChI is InChI=1S/C15H27N3O3.ClH/c1-10(18-15(21)11-5-3-2-4-6-11)14(20)17-8-12-7-16-9-13(12)19;/h10-13,16,19H,2-9H2,1H3,(H,17,20)(H,18,21);1H/t10-,12?,13?;/m0./s1. The smallest absolute Gasteiger partial charge is 0.242 e. The van der Waals surface area contributed by atoms with Gasteiger partial charge in [-0.2, -0.15) is 0 Å². The third-order valence-electron chi connectivity index (χ3n) is 4.57. The number of nitrogens with one attached hydrogen (secondary N) is 3. The van der Waals surface area contributed by atoms with Crippen LogP contribution in [0.3, 0.4) is 0 Å². The second-order valence-corrected chi connectivity index (χ2v) is 6.30. The summed E-state index contributed by atoms with van der Waals surface area (Å²) in [6.07, 6.45) is 4.87. The topological polar surface area (TPSA) is 90.5 Å². The van der Waals surface area contributed by atoms with Crippen LogP contribution in [-0.2, 0) is 9.59 Å². The molecule has 1 heterocycles. The van der Waals surface area contributed by atoms with Crippen molar-refractivity contribution in [1.82, 2.24) is 16.0 Å². The van der Waals surface area contributed by atoms with Crippen molar-refractivity contribution in [2.75, 3.05) is 19.6 Å². The average molecular weight is 334 g/mol. The van der Waals surface area contributed by atoms with Crippen LogP contribution in [0.15, 0.2) is 0 Å². The Balaban J connectivity index is 0.00000242. The molecule has 2 rings (SSSR count). The van der Waals surface area contributed by atoms with Crippen LogP contribution in [0, 0.1) is 11.8 Å². The van der Waals surface area contributed by atoms with Gasteiger partial charge in [-0.05, 0) is 19.8 Å². The summed E-state index contributed by atoms with van der Waals surface area (Å²) in [5.74, 6) is -0.0665. The summed E-state index contributed by atoms with van der Waals surface area (Å²) in [5.41, 5.74) is 0. The van der Waals surface area contributed by atoms with Crippen molar-refractivity contribution in [2.45, 2.75) is 51.2 Å². The van der Waals surface area contributed by atoms with E-state index in [1.54, 1.807) is 6.92 Å². The number of hydrogen-bond donors (Lipinski definition) is 4. The second-order valence-electron chi connectivity index (χ2n) is 6.30. The number of hydrogen-bond acceptors (Lipinski definition) is 4. The molecule has 0 aromatic heterocycles. The summed E-state index contributed by atoms with van der Waals surface area (Å²) in [7, 11) is 0. The molecule has 1 saturated heterocycles. The van der Waals surface area contributed by atoms with E-state index in [2.05, 4.69) is 16.0 Å². The number of carbonyl (C=O) groups is 2. The van der Waals surface area contributed by atoms with E-state index in [0.717, 1.165) is 25.7 Å². The number of aliphatic hydroxyl groups is 1. The van der Waals surface area contributed by atoms with E-state index < -0.39 is 12.1 Å². The Morgan fingerprint density at radius 3 is 2.50 bits per heavy atom. The summed E-state index contributed by atoms with van der Waals surface area (Å²) in [4.78, 5) is 24.1. The van der Waals surface area contributed by atoms with Crippen LogP contribution in [0.5, 0.6) is 0 Å². The third kappa shape index (κ3) is 5.41. The molecule has 0 bridgehead atoms. The van der Waals surface area contributed by atoms with Crippen molar-refractivity contribution in [3.8, 4) is 0 Å². The second kappa shape index (κ2) is 9.33. The first-order chi connectivity index (χ1) is 10.1. The molecular weight excluding hydrogens is 306 g/mol. The van der Waals surface area contributed by atoms with Gasteiger partial charge < -0.3 is 21.1 Å². The molecule has 2 fully saturated rings. The van der Waals surface area contributed by atoms with Crippen LogP contribution in [-0.4, -0.2) is 48.7 Å². The first kappa shape index (κ1) is 19.2. The van der Waals surface area contributed by atoms with Gasteiger partial charge in [-0.1, -0.05) is 19.3 Å². The largest absolute Gasteiger partial charge is 0.391 e. The predicted molar refractivity (Wildman–Crippen MR) is 86.8 cm³/mol. The minimum atomic E-state index is -0.522. The van der Waals surface area contributed by atoms with Gasteiger partial charge in [-0.15, -0.1) is 12.4 Å². The highest BCUT2D eigenvalue weighted by molar-refractivity contribution is 5.88. The lowest BCUT2D eigenvalue weighted by atomic mass is 9.88. The quantitative estimate of drug-likeness (QED) is 0.578. The van der Waals surface area contributed by atoms with Crippen LogP contribution in [0.2, 0.25) is 0 Å². The Labute approximate surface area is 138 Å². The SMILES string of the molecule is C[C@H](NC(=O)C1CCCCC1)C(=O)NCC1CNCC1O.Cl. The average Bonchev–Trinajstić information content (AvgIpc) is 2.90. The Morgan fingerprint density at radius 2 is 1.91 bits per heavy atom. The third-order valence-corrected chi connectivity index (χ3v) is 4.57. The summed E-state index contributed by atoms with van der Waals surface area (Å²) in [5, 5.41) is 18.4. The van der Waals surface area contributed by atoms with Gasteiger partial charge in [0.1, 0.15) is 6.04 Å². The molecule has 1 saturated carbocycles. The number of rotatable bonds is 5. The van der Waals surface area contributed by atoms with E-state index in [9.17, 15) is 14.7 Å². The Bertz CT molecular complexity index is 375. The summed E-state index contributed by atoms with van der Waals surface area (Å²) < 4.78 is 0. The molecule has 4 N–H and O–H groups in total. The van der Waals surface area contributed by atoms with Crippen LogP contribution in [0.4, 0.5) is 0 Å². The normalized spacial score (nSPS) is 26.8. The number of aliphatic hydroxyl groups excluding tert-OH is 1. The van der Waals surface area contributed by atoms with Gasteiger partial charge >= 0.3 is 0 Å². The van der Waals surface area contributed by atoms with E-state index in [4.69, 9.17) is 0 Å². The molecular formula is C15H28ClN3O3. The molecule has 1 aliphatic carbocycles. The van der Waals surface area contributed by atoms with E-state index in [1.165, 1.54) is 6.42 Å². The number of halogens is 1. The lowest BCUT2D eigenvalue weighted by molar-refractivity contribution is -0.131. The molecule has 128 valence electrons. The zero-order valence-electron chi connectivity index (χ0n) is 13.1. The molecule has 0 aromatic rings. The van der Waals surface area contributed by atoms with Gasteiger partial charge in [0.05, 0.1) is 6.10 Å². The molecule has 3 atom stereocenters. The molecule has 1 aliphatic heterocycles. The van der Waals surface area contributed by atoms with Gasteiger partial charge in [-0.3, -0.25) is 9.59 Å². The summed E-state index contributed by atoms with van der Waals surface area (Å²) in [6, 6.07) is -0.522. The molecule has 0 radical (unpaired) electrons. The van der Waals surface area contributed by atoms with Gasteiger partial charge in [0, 0.05) is 31.5 Å². The molecule has 0 aromatic carbocycles. The first-order valence-electron chi connectivity index (χ1n) is 8.05. The van der Waals surface area contributed by atoms with E-state index >= 15 is 0 Å². The van der Waals surface area contributed by atoms with Crippen molar-refractivity contribution in [3.63, 3.8) is 0 Å². The Morgan fingerprint density at radius 1 is 1.23 bits per heavy atom. The minimum absolute atomic E-state index is 0. The fourth-order valence-electron chi connectivity index (χ4n) is 3.07. The highest BCUT2D eigenvalue weighted by Gasteiger charge is 2.27. The van der Waals surface area contributed by atoms with Crippen molar-refractivity contribution >= 4 is 24.2 Å². The van der Waals surface area contributed by atoms with Crippen LogP contribution in [0.1, 0.15) is 39.0 Å². The van der Waals surface area contributed by atoms with Crippen LogP contribution < -0.4 is 16.0 Å². The van der Waals surface area contributed by atoms with Gasteiger partial charge in [0.25, 0.3) is 0 Å². The minimum Gasteiger partial charge on any atom is -0.391 e. The highest BCUT2D eigenvalue weighted by atomic mass is 35.5. The maximum absolute atomic E-state index is 12.1. The Kier molecular flexibility index (Phi) is 8.14. The fourth-order valence-corrected chi connectivity index (χ4v) is 3.07. The van der Waals surface area contributed by atoms with Crippen LogP contribution >= 0.6 is 12.4 Å². The molecule has 2 unspecified atom stereocenters. The zero-order valence-corrected chi connectivity index (χ0v) is 14.0. The lowest BCUT2D eigenvalue weighted by Crippen LogP contribution is -2.48.